The quantitative estimate of drug-likeness (QED) is 0.449. The van der Waals surface area contributed by atoms with Gasteiger partial charge in [0.1, 0.15) is 6.10 Å². The first-order valence-corrected chi connectivity index (χ1v) is 9.19. The number of rotatable bonds is 11. The second-order valence-electron chi connectivity index (χ2n) is 6.96. The summed E-state index contributed by atoms with van der Waals surface area (Å²) in [7, 11) is 4.08. The van der Waals surface area contributed by atoms with Crippen molar-refractivity contribution in [2.75, 3.05) is 27.2 Å². The molecule has 0 saturated carbocycles. The Hall–Kier alpha value is -1.63. The van der Waals surface area contributed by atoms with Gasteiger partial charge in [-0.1, -0.05) is 13.3 Å². The van der Waals surface area contributed by atoms with Gasteiger partial charge in [-0.15, -0.1) is 0 Å². The van der Waals surface area contributed by atoms with Gasteiger partial charge in [-0.3, -0.25) is 14.4 Å². The second kappa shape index (κ2) is 11.1. The van der Waals surface area contributed by atoms with Crippen LogP contribution in [0.2, 0.25) is 0 Å². The maximum absolute atomic E-state index is 12.5. The first-order chi connectivity index (χ1) is 11.8. The lowest BCUT2D eigenvalue weighted by Gasteiger charge is -2.23. The Labute approximate surface area is 150 Å². The van der Waals surface area contributed by atoms with E-state index in [9.17, 15) is 14.4 Å². The normalized spacial score (nSPS) is 20.1. The highest BCUT2D eigenvalue weighted by molar-refractivity contribution is 5.78. The molecule has 0 aliphatic carbocycles. The molecular weight excluding hydrogens is 324 g/mol. The Bertz CT molecular complexity index is 453. The van der Waals surface area contributed by atoms with Crippen LogP contribution in [0.5, 0.6) is 0 Å². The van der Waals surface area contributed by atoms with Crippen molar-refractivity contribution < 1.29 is 24.2 Å². The van der Waals surface area contributed by atoms with Gasteiger partial charge < -0.3 is 19.6 Å². The van der Waals surface area contributed by atoms with E-state index in [4.69, 9.17) is 9.84 Å². The highest BCUT2D eigenvalue weighted by atomic mass is 16.5. The average molecular weight is 356 g/mol. The van der Waals surface area contributed by atoms with E-state index in [1.807, 2.05) is 25.9 Å². The summed E-state index contributed by atoms with van der Waals surface area (Å²) in [5.74, 6) is -1.39. The highest BCUT2D eigenvalue weighted by Gasteiger charge is 2.35. The zero-order chi connectivity index (χ0) is 18.8. The first-order valence-electron chi connectivity index (χ1n) is 9.19. The fourth-order valence-electron chi connectivity index (χ4n) is 3.13. The molecule has 7 nitrogen and oxygen atoms in total. The molecule has 0 bridgehead atoms. The molecule has 0 aromatic carbocycles. The highest BCUT2D eigenvalue weighted by Crippen LogP contribution is 2.24. The average Bonchev–Trinajstić information content (AvgIpc) is 2.95. The molecule has 7 heteroatoms. The molecule has 1 aliphatic heterocycles. The van der Waals surface area contributed by atoms with E-state index in [-0.39, 0.29) is 30.9 Å². The molecule has 25 heavy (non-hydrogen) atoms. The molecule has 1 rings (SSSR count). The van der Waals surface area contributed by atoms with Gasteiger partial charge in [-0.05, 0) is 39.9 Å². The predicted octanol–water partition coefficient (Wildman–Crippen LogP) is 1.90. The molecule has 1 saturated heterocycles. The number of carboxylic acids is 1. The number of aliphatic carboxylic acids is 1. The number of hydrogen-bond acceptors (Lipinski definition) is 5. The van der Waals surface area contributed by atoms with Crippen molar-refractivity contribution in [1.29, 1.82) is 0 Å². The van der Waals surface area contributed by atoms with E-state index < -0.39 is 11.9 Å². The van der Waals surface area contributed by atoms with E-state index in [2.05, 4.69) is 4.90 Å². The molecule has 1 heterocycles. The lowest BCUT2D eigenvalue weighted by molar-refractivity contribution is -0.152. The van der Waals surface area contributed by atoms with Gasteiger partial charge in [0, 0.05) is 18.9 Å². The van der Waals surface area contributed by atoms with E-state index in [0.29, 0.717) is 19.4 Å². The third-order valence-electron chi connectivity index (χ3n) is 4.50. The third-order valence-corrected chi connectivity index (χ3v) is 4.50. The Morgan fingerprint density at radius 1 is 1.12 bits per heavy atom. The topological polar surface area (TPSA) is 87.1 Å². The zero-order valence-corrected chi connectivity index (χ0v) is 15.7. The summed E-state index contributed by atoms with van der Waals surface area (Å²) in [4.78, 5) is 38.6. The molecule has 0 aromatic rings. The van der Waals surface area contributed by atoms with Crippen LogP contribution in [-0.4, -0.2) is 72.1 Å². The van der Waals surface area contributed by atoms with Crippen molar-refractivity contribution >= 4 is 17.8 Å². The minimum atomic E-state index is -1.01. The summed E-state index contributed by atoms with van der Waals surface area (Å²) in [5, 5.41) is 8.61. The number of unbranched alkanes of at least 4 members (excludes halogenated alkanes) is 2. The predicted molar refractivity (Wildman–Crippen MR) is 94.2 cm³/mol. The Kier molecular flexibility index (Phi) is 9.49. The number of carboxylic acid groups (broad SMARTS) is 1. The molecule has 0 aromatic heterocycles. The summed E-state index contributed by atoms with van der Waals surface area (Å²) >= 11 is 0. The van der Waals surface area contributed by atoms with Crippen molar-refractivity contribution in [3.05, 3.63) is 0 Å². The Morgan fingerprint density at radius 2 is 1.84 bits per heavy atom. The van der Waals surface area contributed by atoms with Crippen LogP contribution in [0.15, 0.2) is 0 Å². The second-order valence-corrected chi connectivity index (χ2v) is 6.96. The number of amides is 1. The van der Waals surface area contributed by atoms with E-state index in [1.54, 1.807) is 0 Å². The number of nitrogens with zero attached hydrogens (tertiary/aromatic N) is 2. The van der Waals surface area contributed by atoms with Crippen molar-refractivity contribution in [2.45, 2.75) is 70.4 Å². The van der Waals surface area contributed by atoms with E-state index in [0.717, 1.165) is 32.2 Å². The largest absolute Gasteiger partial charge is 0.481 e. The van der Waals surface area contributed by atoms with Crippen LogP contribution in [0.25, 0.3) is 0 Å². The molecule has 0 unspecified atom stereocenters. The van der Waals surface area contributed by atoms with Crippen LogP contribution in [0.3, 0.4) is 0 Å². The van der Waals surface area contributed by atoms with E-state index in [1.165, 1.54) is 0 Å². The number of ether oxygens (including phenoxy) is 1. The fourth-order valence-corrected chi connectivity index (χ4v) is 3.13. The summed E-state index contributed by atoms with van der Waals surface area (Å²) in [6.45, 7) is 3.48. The molecule has 1 amide bonds. The molecule has 1 N–H and O–H groups in total. The number of esters is 1. The molecule has 144 valence electrons. The monoisotopic (exact) mass is 356 g/mol. The zero-order valence-electron chi connectivity index (χ0n) is 15.7. The fraction of sp³-hybridized carbons (Fsp3) is 0.833. The van der Waals surface area contributed by atoms with Gasteiger partial charge in [0.15, 0.2) is 0 Å². The van der Waals surface area contributed by atoms with Crippen LogP contribution in [0, 0.1) is 0 Å². The van der Waals surface area contributed by atoms with Crippen molar-refractivity contribution in [3.8, 4) is 0 Å². The van der Waals surface area contributed by atoms with Crippen LogP contribution < -0.4 is 0 Å². The van der Waals surface area contributed by atoms with Crippen molar-refractivity contribution in [1.82, 2.24) is 9.80 Å². The Balaban J connectivity index is 2.36. The molecule has 1 fully saturated rings. The smallest absolute Gasteiger partial charge is 0.306 e. The Morgan fingerprint density at radius 3 is 2.44 bits per heavy atom. The van der Waals surface area contributed by atoms with Gasteiger partial charge in [0.2, 0.25) is 5.91 Å². The van der Waals surface area contributed by atoms with Gasteiger partial charge in [-0.25, -0.2) is 0 Å². The number of hydrogen-bond donors (Lipinski definition) is 1. The first kappa shape index (κ1) is 21.4. The van der Waals surface area contributed by atoms with Crippen LogP contribution >= 0.6 is 0 Å². The summed E-state index contributed by atoms with van der Waals surface area (Å²) in [5.41, 5.74) is 0. The lowest BCUT2D eigenvalue weighted by Crippen LogP contribution is -2.35. The van der Waals surface area contributed by atoms with Crippen molar-refractivity contribution in [3.63, 3.8) is 0 Å². The van der Waals surface area contributed by atoms with Gasteiger partial charge >= 0.3 is 11.9 Å². The molecule has 0 spiro atoms. The number of carbonyl (C=O) groups excluding carboxylic acids is 2. The number of carbonyl (C=O) groups is 3. The third kappa shape index (κ3) is 8.34. The number of likely N-dealkylation sites (tertiary alicyclic amines) is 1. The van der Waals surface area contributed by atoms with E-state index >= 15 is 0 Å². The van der Waals surface area contributed by atoms with Crippen LogP contribution in [-0.2, 0) is 19.1 Å². The van der Waals surface area contributed by atoms with Gasteiger partial charge in [-0.2, -0.15) is 0 Å². The SMILES string of the molecule is CC[C@@H]1C[C@@H](OC(=O)CCC(=O)O)CN1C(=O)CCCCCN(C)C. The summed E-state index contributed by atoms with van der Waals surface area (Å²) in [6.07, 6.45) is 4.33. The van der Waals surface area contributed by atoms with Crippen LogP contribution in [0.4, 0.5) is 0 Å². The summed E-state index contributed by atoms with van der Waals surface area (Å²) < 4.78 is 5.34. The standard InChI is InChI=1S/C18H32N2O5/c1-4-14-12-15(25-18(24)10-9-17(22)23)13-20(14)16(21)8-6-5-7-11-19(2)3/h14-15H,4-13H2,1-3H3,(H,22,23)/t14-,15-/m1/s1. The lowest BCUT2D eigenvalue weighted by atomic mass is 10.1. The molecule has 2 atom stereocenters. The molecular formula is C18H32N2O5. The maximum Gasteiger partial charge on any atom is 0.306 e. The minimum absolute atomic E-state index is 0.103. The van der Waals surface area contributed by atoms with Gasteiger partial charge in [0.25, 0.3) is 0 Å². The summed E-state index contributed by atoms with van der Waals surface area (Å²) in [6, 6.07) is 0.103. The van der Waals surface area contributed by atoms with Crippen molar-refractivity contribution in [2.24, 2.45) is 0 Å². The minimum Gasteiger partial charge on any atom is -0.481 e. The molecule has 1 aliphatic rings. The maximum atomic E-state index is 12.5. The van der Waals surface area contributed by atoms with Gasteiger partial charge in [0.05, 0.1) is 19.4 Å². The van der Waals surface area contributed by atoms with Crippen LogP contribution in [0.1, 0.15) is 58.3 Å². The molecule has 0 radical (unpaired) electrons.